The Morgan fingerprint density at radius 2 is 1.21 bits per heavy atom. The number of amides is 2. The van der Waals surface area contributed by atoms with Gasteiger partial charge in [-0.15, -0.1) is 11.8 Å². The lowest BCUT2D eigenvalue weighted by molar-refractivity contribution is -0.123. The minimum Gasteiger partial charge on any atom is -0.507 e. The van der Waals surface area contributed by atoms with E-state index in [4.69, 9.17) is 0 Å². The van der Waals surface area contributed by atoms with Gasteiger partial charge in [0.1, 0.15) is 5.75 Å². The average Bonchev–Trinajstić information content (AvgIpc) is 3.02. The number of thioether (sulfide) groups is 1. The first kappa shape index (κ1) is 37.8. The van der Waals surface area contributed by atoms with Crippen molar-refractivity contribution in [1.29, 1.82) is 0 Å². The van der Waals surface area contributed by atoms with Crippen LogP contribution in [0.5, 0.6) is 5.75 Å². The van der Waals surface area contributed by atoms with E-state index in [-0.39, 0.29) is 23.1 Å². The summed E-state index contributed by atoms with van der Waals surface area (Å²) in [7, 11) is 0. The number of carbonyl (C=O) groups excluding carboxylic acids is 2. The molecule has 6 heteroatoms. The van der Waals surface area contributed by atoms with Crippen molar-refractivity contribution in [3.8, 4) is 5.75 Å². The second kappa shape index (κ2) is 25.3. The van der Waals surface area contributed by atoms with Gasteiger partial charge in [0.05, 0.1) is 10.3 Å². The highest BCUT2D eigenvalue weighted by atomic mass is 32.2. The number of hydrogen-bond donors (Lipinski definition) is 3. The molecule has 0 radical (unpaired) electrons. The molecule has 43 heavy (non-hydrogen) atoms. The summed E-state index contributed by atoms with van der Waals surface area (Å²) in [5.74, 6) is 0.535. The van der Waals surface area contributed by atoms with Crippen molar-refractivity contribution in [1.82, 2.24) is 10.6 Å². The number of phenolic OH excluding ortho intramolecular Hbond substituents is 1. The predicted molar refractivity (Wildman–Crippen MR) is 187 cm³/mol. The van der Waals surface area contributed by atoms with E-state index >= 15 is 0 Å². The Labute approximate surface area is 265 Å². The van der Waals surface area contributed by atoms with Crippen LogP contribution in [0, 0.1) is 0 Å². The third kappa shape index (κ3) is 17.5. The number of aromatic hydroxyl groups is 1. The maximum atomic E-state index is 13.0. The number of nitrogens with one attached hydrogen (secondary N) is 2. The summed E-state index contributed by atoms with van der Waals surface area (Å²) in [5, 5.41) is 15.5. The van der Waals surface area contributed by atoms with Crippen molar-refractivity contribution in [2.45, 2.75) is 89.7 Å². The highest BCUT2D eigenvalue weighted by Crippen LogP contribution is 2.33. The second-order valence-electron chi connectivity index (χ2n) is 10.1. The van der Waals surface area contributed by atoms with E-state index in [0.29, 0.717) is 13.1 Å². The molecule has 0 spiro atoms. The van der Waals surface area contributed by atoms with Crippen molar-refractivity contribution in [3.63, 3.8) is 0 Å². The highest BCUT2D eigenvalue weighted by Gasteiger charge is 2.34. The van der Waals surface area contributed by atoms with Gasteiger partial charge in [-0.25, -0.2) is 0 Å². The number of para-hydroxylation sites is 1. The summed E-state index contributed by atoms with van der Waals surface area (Å²) < 4.78 is -0.458. The molecule has 3 N–H and O–H groups in total. The Bertz CT molecular complexity index is 1080. The average molecular weight is 607 g/mol. The van der Waals surface area contributed by atoms with E-state index in [1.54, 1.807) is 30.0 Å². The fraction of sp³-hybridized carbons (Fsp3) is 0.459. The molecule has 0 unspecified atom stereocenters. The quantitative estimate of drug-likeness (QED) is 0.0858. The van der Waals surface area contributed by atoms with Gasteiger partial charge in [0.2, 0.25) is 5.91 Å². The number of allylic oxidation sites excluding steroid dienone is 12. The molecule has 2 amide bonds. The van der Waals surface area contributed by atoms with Gasteiger partial charge in [0.25, 0.3) is 5.91 Å². The van der Waals surface area contributed by atoms with Crippen molar-refractivity contribution >= 4 is 23.6 Å². The molecule has 0 aliphatic rings. The van der Waals surface area contributed by atoms with Crippen molar-refractivity contribution < 1.29 is 14.7 Å². The van der Waals surface area contributed by atoms with E-state index in [1.165, 1.54) is 6.07 Å². The third-order valence-electron chi connectivity index (χ3n) is 6.89. The molecule has 0 atom stereocenters. The topological polar surface area (TPSA) is 78.4 Å². The zero-order valence-corrected chi connectivity index (χ0v) is 27.4. The molecule has 0 aliphatic heterocycles. The van der Waals surface area contributed by atoms with Gasteiger partial charge in [-0.2, -0.15) is 0 Å². The van der Waals surface area contributed by atoms with E-state index < -0.39 is 4.75 Å². The fourth-order valence-corrected chi connectivity index (χ4v) is 5.54. The van der Waals surface area contributed by atoms with Gasteiger partial charge >= 0.3 is 0 Å². The number of unbranched alkanes of at least 4 members (excludes halogenated alkanes) is 1. The van der Waals surface area contributed by atoms with Crippen LogP contribution in [0.2, 0.25) is 0 Å². The van der Waals surface area contributed by atoms with E-state index in [0.717, 1.165) is 70.0 Å². The Morgan fingerprint density at radius 3 is 1.72 bits per heavy atom. The van der Waals surface area contributed by atoms with Gasteiger partial charge in [-0.3, -0.25) is 9.59 Å². The second-order valence-corrected chi connectivity index (χ2v) is 11.6. The maximum absolute atomic E-state index is 13.0. The smallest absolute Gasteiger partial charge is 0.255 e. The van der Waals surface area contributed by atoms with Gasteiger partial charge in [0, 0.05) is 13.1 Å². The summed E-state index contributed by atoms with van der Waals surface area (Å²) in [6, 6.07) is 6.42. The first-order valence-corrected chi connectivity index (χ1v) is 16.9. The van der Waals surface area contributed by atoms with Crippen molar-refractivity contribution in [2.75, 3.05) is 18.8 Å². The van der Waals surface area contributed by atoms with Gasteiger partial charge < -0.3 is 15.7 Å². The Morgan fingerprint density at radius 1 is 0.721 bits per heavy atom. The largest absolute Gasteiger partial charge is 0.507 e. The standard InChI is InChI=1S/C37H54N2O3S/c1-4-7-8-9-10-11-12-13-14-15-16-17-18-19-20-21-22-23-24-27-32-43-37(5-2,6-3)36(42)39-31-30-38-35(41)33-28-25-26-29-34(33)40/h7-8,10-11,13-14,16-17,19-20,22-23,25-26,28-29,40H,4-6,9,12,15,18,21,24,27,30-32H2,1-3H3,(H,38,41)(H,39,42). The molecule has 0 bridgehead atoms. The number of benzene rings is 1. The van der Waals surface area contributed by atoms with Crippen LogP contribution in [0.25, 0.3) is 0 Å². The maximum Gasteiger partial charge on any atom is 0.255 e. The predicted octanol–water partition coefficient (Wildman–Crippen LogP) is 9.01. The molecular formula is C37H54N2O3S. The minimum absolute atomic E-state index is 0.0215. The van der Waals surface area contributed by atoms with Crippen LogP contribution >= 0.6 is 11.8 Å². The summed E-state index contributed by atoms with van der Waals surface area (Å²) in [6.07, 6.45) is 36.1. The number of hydrogen-bond acceptors (Lipinski definition) is 4. The Kier molecular flexibility index (Phi) is 22.2. The molecule has 1 rings (SSSR count). The van der Waals surface area contributed by atoms with Crippen LogP contribution in [0.15, 0.2) is 97.2 Å². The Hall–Kier alpha value is -3.25. The molecule has 0 aromatic heterocycles. The number of carbonyl (C=O) groups is 2. The molecule has 0 heterocycles. The lowest BCUT2D eigenvalue weighted by Crippen LogP contribution is -2.46. The zero-order chi connectivity index (χ0) is 31.4. The molecule has 0 saturated heterocycles. The minimum atomic E-state index is -0.458. The first-order chi connectivity index (χ1) is 21.0. The molecule has 1 aromatic carbocycles. The SMILES string of the molecule is CCC=CCC=CCC=CCC=CCC=CCC=CCCCSC(CC)(CC)C(=O)NCCNC(=O)c1ccccc1O. The molecule has 0 aliphatic carbocycles. The molecule has 5 nitrogen and oxygen atoms in total. The summed E-state index contributed by atoms with van der Waals surface area (Å²) in [4.78, 5) is 25.2. The van der Waals surface area contributed by atoms with Crippen LogP contribution in [-0.2, 0) is 4.79 Å². The highest BCUT2D eigenvalue weighted by molar-refractivity contribution is 8.01. The number of rotatable bonds is 23. The third-order valence-corrected chi connectivity index (χ3v) is 8.70. The van der Waals surface area contributed by atoms with Crippen LogP contribution in [0.1, 0.15) is 95.3 Å². The fourth-order valence-electron chi connectivity index (χ4n) is 4.22. The van der Waals surface area contributed by atoms with Crippen molar-refractivity contribution in [3.05, 3.63) is 103 Å². The molecular weight excluding hydrogens is 552 g/mol. The van der Waals surface area contributed by atoms with E-state index in [9.17, 15) is 14.7 Å². The molecule has 0 fully saturated rings. The van der Waals surface area contributed by atoms with Crippen LogP contribution in [-0.4, -0.2) is 40.5 Å². The van der Waals surface area contributed by atoms with Crippen LogP contribution in [0.4, 0.5) is 0 Å². The summed E-state index contributed by atoms with van der Waals surface area (Å²) in [5.41, 5.74) is 0.229. The van der Waals surface area contributed by atoms with Crippen LogP contribution < -0.4 is 10.6 Å². The van der Waals surface area contributed by atoms with Gasteiger partial charge in [-0.05, 0) is 82.1 Å². The number of phenols is 1. The normalized spacial score (nSPS) is 12.6. The van der Waals surface area contributed by atoms with Crippen molar-refractivity contribution in [2.24, 2.45) is 0 Å². The monoisotopic (exact) mass is 606 g/mol. The van der Waals surface area contributed by atoms with Gasteiger partial charge in [-0.1, -0.05) is 106 Å². The zero-order valence-electron chi connectivity index (χ0n) is 26.6. The summed E-state index contributed by atoms with van der Waals surface area (Å²) in [6.45, 7) is 6.91. The van der Waals surface area contributed by atoms with Gasteiger partial charge in [0.15, 0.2) is 0 Å². The molecule has 1 aromatic rings. The first-order valence-electron chi connectivity index (χ1n) is 15.9. The summed E-state index contributed by atoms with van der Waals surface area (Å²) >= 11 is 1.73. The van der Waals surface area contributed by atoms with Crippen LogP contribution in [0.3, 0.4) is 0 Å². The molecule has 0 saturated carbocycles. The Balaban J connectivity index is 2.18. The molecule has 236 valence electrons. The lowest BCUT2D eigenvalue weighted by atomic mass is 10.0. The lowest BCUT2D eigenvalue weighted by Gasteiger charge is -2.29. The van der Waals surface area contributed by atoms with E-state index in [2.05, 4.69) is 104 Å². The van der Waals surface area contributed by atoms with E-state index in [1.807, 2.05) is 0 Å².